The van der Waals surface area contributed by atoms with Crippen LogP contribution in [-0.2, 0) is 20.8 Å². The summed E-state index contributed by atoms with van der Waals surface area (Å²) in [5.41, 5.74) is 5.19. The molecule has 0 fully saturated rings. The molecular formula is C13H16N4O6. The molecule has 0 saturated carbocycles. The number of rotatable bonds is 8. The minimum atomic E-state index is -1.26. The summed E-state index contributed by atoms with van der Waals surface area (Å²) in [7, 11) is 0. The van der Waals surface area contributed by atoms with Gasteiger partial charge in [0, 0.05) is 18.1 Å². The zero-order chi connectivity index (χ0) is 17.4. The minimum absolute atomic E-state index is 0.172. The summed E-state index contributed by atoms with van der Waals surface area (Å²) in [5, 5.41) is 24.0. The molecule has 0 bridgehead atoms. The van der Waals surface area contributed by atoms with Gasteiger partial charge < -0.3 is 21.5 Å². The first kappa shape index (κ1) is 18.0. The van der Waals surface area contributed by atoms with E-state index in [1.807, 2.05) is 0 Å². The van der Waals surface area contributed by atoms with Crippen LogP contribution in [0.1, 0.15) is 5.56 Å². The Hall–Kier alpha value is -3.01. The number of nitro groups is 1. The SMILES string of the molecule is NCC(=O)N[C@@H](Cc1ccccc1[N+](=O)[O-])C(=O)NCC(=O)O. The molecule has 1 rings (SSSR count). The van der Waals surface area contributed by atoms with Crippen molar-refractivity contribution in [2.45, 2.75) is 12.5 Å². The molecule has 1 atom stereocenters. The highest BCUT2D eigenvalue weighted by atomic mass is 16.6. The van der Waals surface area contributed by atoms with E-state index in [9.17, 15) is 24.5 Å². The Labute approximate surface area is 130 Å². The number of hydrogen-bond donors (Lipinski definition) is 4. The van der Waals surface area contributed by atoms with Crippen LogP contribution in [0.25, 0.3) is 0 Å². The highest BCUT2D eigenvalue weighted by Crippen LogP contribution is 2.19. The molecule has 23 heavy (non-hydrogen) atoms. The molecule has 1 aromatic rings. The number of nitrogens with zero attached hydrogens (tertiary/aromatic N) is 1. The quantitative estimate of drug-likeness (QED) is 0.343. The van der Waals surface area contributed by atoms with Crippen molar-refractivity contribution < 1.29 is 24.4 Å². The lowest BCUT2D eigenvalue weighted by atomic mass is 10.0. The summed E-state index contributed by atoms with van der Waals surface area (Å²) in [6.07, 6.45) is -0.172. The second kappa shape index (κ2) is 8.44. The first-order chi connectivity index (χ1) is 10.8. The van der Waals surface area contributed by atoms with Crippen LogP contribution in [-0.4, -0.2) is 46.9 Å². The Kier molecular flexibility index (Phi) is 6.62. The van der Waals surface area contributed by atoms with Crippen LogP contribution in [0.15, 0.2) is 24.3 Å². The Morgan fingerprint density at radius 2 is 1.96 bits per heavy atom. The van der Waals surface area contributed by atoms with Gasteiger partial charge in [-0.2, -0.15) is 0 Å². The summed E-state index contributed by atoms with van der Waals surface area (Å²) in [4.78, 5) is 44.3. The number of carbonyl (C=O) groups is 3. The fourth-order valence-corrected chi connectivity index (χ4v) is 1.83. The number of hydrogen-bond acceptors (Lipinski definition) is 6. The molecular weight excluding hydrogens is 308 g/mol. The van der Waals surface area contributed by atoms with E-state index in [0.29, 0.717) is 0 Å². The van der Waals surface area contributed by atoms with E-state index in [0.717, 1.165) is 0 Å². The van der Waals surface area contributed by atoms with Crippen LogP contribution in [0, 0.1) is 10.1 Å². The molecule has 5 N–H and O–H groups in total. The number of aliphatic carboxylic acids is 1. The fourth-order valence-electron chi connectivity index (χ4n) is 1.83. The largest absolute Gasteiger partial charge is 0.480 e. The zero-order valence-electron chi connectivity index (χ0n) is 12.0. The molecule has 0 radical (unpaired) electrons. The molecule has 0 aliphatic rings. The van der Waals surface area contributed by atoms with Gasteiger partial charge in [0.25, 0.3) is 5.69 Å². The van der Waals surface area contributed by atoms with Gasteiger partial charge in [-0.1, -0.05) is 18.2 Å². The highest BCUT2D eigenvalue weighted by Gasteiger charge is 2.24. The van der Waals surface area contributed by atoms with Gasteiger partial charge in [-0.3, -0.25) is 24.5 Å². The smallest absolute Gasteiger partial charge is 0.322 e. The Morgan fingerprint density at radius 1 is 1.30 bits per heavy atom. The number of benzene rings is 1. The summed E-state index contributed by atoms with van der Waals surface area (Å²) in [5.74, 6) is -2.67. The van der Waals surface area contributed by atoms with Crippen molar-refractivity contribution >= 4 is 23.5 Å². The summed E-state index contributed by atoms with van der Waals surface area (Å²) in [6.45, 7) is -1.01. The maximum absolute atomic E-state index is 12.0. The molecule has 0 aromatic heterocycles. The number of nitro benzene ring substituents is 1. The Bertz CT molecular complexity index is 618. The molecule has 10 nitrogen and oxygen atoms in total. The number of amides is 2. The predicted molar refractivity (Wildman–Crippen MR) is 78.4 cm³/mol. The van der Waals surface area contributed by atoms with Gasteiger partial charge in [-0.25, -0.2) is 0 Å². The first-order valence-corrected chi connectivity index (χ1v) is 6.56. The average molecular weight is 324 g/mol. The minimum Gasteiger partial charge on any atom is -0.480 e. The summed E-state index contributed by atoms with van der Waals surface area (Å²) < 4.78 is 0. The molecule has 0 heterocycles. The predicted octanol–water partition coefficient (Wildman–Crippen LogP) is -1.22. The van der Waals surface area contributed by atoms with Crippen LogP contribution in [0.5, 0.6) is 0 Å². The maximum Gasteiger partial charge on any atom is 0.322 e. The number of nitrogens with one attached hydrogen (secondary N) is 2. The second-order valence-electron chi connectivity index (χ2n) is 4.53. The van der Waals surface area contributed by atoms with E-state index in [-0.39, 0.29) is 24.2 Å². The van der Waals surface area contributed by atoms with E-state index in [1.54, 1.807) is 6.07 Å². The average Bonchev–Trinajstić information content (AvgIpc) is 2.51. The van der Waals surface area contributed by atoms with Crippen molar-refractivity contribution in [3.8, 4) is 0 Å². The fraction of sp³-hybridized carbons (Fsp3) is 0.308. The van der Waals surface area contributed by atoms with Gasteiger partial charge in [-0.05, 0) is 0 Å². The number of nitrogens with two attached hydrogens (primary N) is 1. The summed E-state index contributed by atoms with van der Waals surface area (Å²) >= 11 is 0. The van der Waals surface area contributed by atoms with Gasteiger partial charge in [-0.15, -0.1) is 0 Å². The molecule has 0 saturated heterocycles. The van der Waals surface area contributed by atoms with Crippen molar-refractivity contribution in [3.05, 3.63) is 39.9 Å². The van der Waals surface area contributed by atoms with Crippen molar-refractivity contribution in [2.75, 3.05) is 13.1 Å². The van der Waals surface area contributed by atoms with Crippen LogP contribution >= 0.6 is 0 Å². The topological polar surface area (TPSA) is 165 Å². The first-order valence-electron chi connectivity index (χ1n) is 6.56. The number of carboxylic acids is 1. The molecule has 0 aliphatic carbocycles. The van der Waals surface area contributed by atoms with Crippen LogP contribution in [0.2, 0.25) is 0 Å². The highest BCUT2D eigenvalue weighted by molar-refractivity contribution is 5.90. The molecule has 10 heteroatoms. The molecule has 0 spiro atoms. The van der Waals surface area contributed by atoms with E-state index in [4.69, 9.17) is 10.8 Å². The lowest BCUT2D eigenvalue weighted by Crippen LogP contribution is -2.50. The normalized spacial score (nSPS) is 11.3. The Balaban J connectivity index is 2.96. The van der Waals surface area contributed by atoms with Crippen molar-refractivity contribution in [1.82, 2.24) is 10.6 Å². The molecule has 124 valence electrons. The monoisotopic (exact) mass is 324 g/mol. The van der Waals surface area contributed by atoms with E-state index >= 15 is 0 Å². The molecule has 2 amide bonds. The maximum atomic E-state index is 12.0. The number of para-hydroxylation sites is 1. The van der Waals surface area contributed by atoms with Crippen molar-refractivity contribution in [1.29, 1.82) is 0 Å². The van der Waals surface area contributed by atoms with E-state index < -0.39 is 35.3 Å². The van der Waals surface area contributed by atoms with Crippen LogP contribution in [0.3, 0.4) is 0 Å². The third-order valence-electron chi connectivity index (χ3n) is 2.86. The number of carboxylic acid groups (broad SMARTS) is 1. The third-order valence-corrected chi connectivity index (χ3v) is 2.86. The van der Waals surface area contributed by atoms with E-state index in [2.05, 4.69) is 10.6 Å². The molecule has 1 aromatic carbocycles. The third kappa shape index (κ3) is 5.71. The zero-order valence-corrected chi connectivity index (χ0v) is 12.0. The van der Waals surface area contributed by atoms with Gasteiger partial charge >= 0.3 is 5.97 Å². The van der Waals surface area contributed by atoms with Crippen molar-refractivity contribution in [2.24, 2.45) is 5.73 Å². The van der Waals surface area contributed by atoms with Gasteiger partial charge in [0.2, 0.25) is 11.8 Å². The Morgan fingerprint density at radius 3 is 2.52 bits per heavy atom. The molecule has 0 unspecified atom stereocenters. The lowest BCUT2D eigenvalue weighted by molar-refractivity contribution is -0.385. The van der Waals surface area contributed by atoms with Gasteiger partial charge in [0.15, 0.2) is 0 Å². The van der Waals surface area contributed by atoms with Gasteiger partial charge in [0.05, 0.1) is 11.5 Å². The van der Waals surface area contributed by atoms with Crippen LogP contribution < -0.4 is 16.4 Å². The van der Waals surface area contributed by atoms with E-state index in [1.165, 1.54) is 18.2 Å². The lowest BCUT2D eigenvalue weighted by Gasteiger charge is -2.17. The summed E-state index contributed by atoms with van der Waals surface area (Å²) in [6, 6.07) is 4.57. The van der Waals surface area contributed by atoms with Crippen LogP contribution in [0.4, 0.5) is 5.69 Å². The molecule has 0 aliphatic heterocycles. The second-order valence-corrected chi connectivity index (χ2v) is 4.53. The van der Waals surface area contributed by atoms with Crippen molar-refractivity contribution in [3.63, 3.8) is 0 Å². The standard InChI is InChI=1S/C13H16N4O6/c14-6-11(18)16-9(13(21)15-7-12(19)20)5-8-3-1-2-4-10(8)17(22)23/h1-4,9H,5-7,14H2,(H,15,21)(H,16,18)(H,19,20)/t9-/m0/s1. The number of carbonyl (C=O) groups excluding carboxylic acids is 2. The van der Waals surface area contributed by atoms with Gasteiger partial charge in [0.1, 0.15) is 12.6 Å².